The van der Waals surface area contributed by atoms with Crippen molar-refractivity contribution < 1.29 is 14.7 Å². The van der Waals surface area contributed by atoms with Crippen molar-refractivity contribution in [3.05, 3.63) is 29.3 Å². The van der Waals surface area contributed by atoms with Gasteiger partial charge in [0.05, 0.1) is 5.56 Å². The Morgan fingerprint density at radius 2 is 2.14 bits per heavy atom. The monoisotopic (exact) mass is 291 g/mol. The summed E-state index contributed by atoms with van der Waals surface area (Å²) in [6.45, 7) is 3.20. The first-order valence-corrected chi connectivity index (χ1v) is 6.98. The highest BCUT2D eigenvalue weighted by molar-refractivity contribution is 5.96. The summed E-state index contributed by atoms with van der Waals surface area (Å²) in [4.78, 5) is 26.9. The molecule has 0 aliphatic carbocycles. The van der Waals surface area contributed by atoms with Crippen LogP contribution in [0, 0.1) is 0 Å². The molecule has 1 unspecified atom stereocenters. The number of benzene rings is 1. The summed E-state index contributed by atoms with van der Waals surface area (Å²) < 4.78 is 0. The first-order chi connectivity index (χ1) is 9.90. The van der Waals surface area contributed by atoms with Crippen molar-refractivity contribution in [3.63, 3.8) is 0 Å². The van der Waals surface area contributed by atoms with Crippen LogP contribution in [0.2, 0.25) is 0 Å². The van der Waals surface area contributed by atoms with Crippen molar-refractivity contribution >= 4 is 17.7 Å². The van der Waals surface area contributed by atoms with Crippen molar-refractivity contribution in [2.24, 2.45) is 0 Å². The van der Waals surface area contributed by atoms with Crippen molar-refractivity contribution in [1.82, 2.24) is 10.2 Å². The van der Waals surface area contributed by atoms with E-state index in [1.165, 1.54) is 6.07 Å². The van der Waals surface area contributed by atoms with Crippen molar-refractivity contribution in [2.45, 2.75) is 19.4 Å². The molecular weight excluding hydrogens is 270 g/mol. The van der Waals surface area contributed by atoms with E-state index in [0.29, 0.717) is 19.5 Å². The summed E-state index contributed by atoms with van der Waals surface area (Å²) in [7, 11) is 3.94. The number of aromatic carboxylic acids is 1. The Bertz CT molecular complexity index is 557. The lowest BCUT2D eigenvalue weighted by Gasteiger charge is -2.23. The van der Waals surface area contributed by atoms with Gasteiger partial charge in [-0.3, -0.25) is 4.90 Å². The van der Waals surface area contributed by atoms with Crippen LogP contribution in [-0.4, -0.2) is 55.2 Å². The molecule has 2 amide bonds. The Hall–Kier alpha value is -2.08. The average molecular weight is 291 g/mol. The lowest BCUT2D eigenvalue weighted by atomic mass is 10.1. The van der Waals surface area contributed by atoms with Crippen LogP contribution in [0.4, 0.5) is 10.5 Å². The Labute approximate surface area is 124 Å². The third-order valence-corrected chi connectivity index (χ3v) is 3.90. The topological polar surface area (TPSA) is 72.9 Å². The Morgan fingerprint density at radius 1 is 1.43 bits per heavy atom. The van der Waals surface area contributed by atoms with E-state index in [1.807, 2.05) is 25.9 Å². The van der Waals surface area contributed by atoms with Crippen molar-refractivity contribution in [1.29, 1.82) is 0 Å². The predicted octanol–water partition coefficient (Wildman–Crippen LogP) is 1.41. The molecule has 6 nitrogen and oxygen atoms in total. The number of nitrogens with one attached hydrogen (secondary N) is 1. The number of carboxylic acid groups (broad SMARTS) is 1. The van der Waals surface area contributed by atoms with Crippen LogP contribution < -0.4 is 10.2 Å². The number of hydrogen-bond acceptors (Lipinski definition) is 3. The van der Waals surface area contributed by atoms with E-state index in [0.717, 1.165) is 11.3 Å². The summed E-state index contributed by atoms with van der Waals surface area (Å²) in [6.07, 6.45) is 0.688. The van der Waals surface area contributed by atoms with Gasteiger partial charge in [-0.25, -0.2) is 9.59 Å². The van der Waals surface area contributed by atoms with Gasteiger partial charge in [-0.05, 0) is 51.2 Å². The molecule has 1 heterocycles. The van der Waals surface area contributed by atoms with Crippen LogP contribution in [0.15, 0.2) is 18.2 Å². The summed E-state index contributed by atoms with van der Waals surface area (Å²) in [5.41, 5.74) is 1.97. The Kier molecular flexibility index (Phi) is 4.47. The van der Waals surface area contributed by atoms with Gasteiger partial charge in [0, 0.05) is 24.8 Å². The number of amides is 2. The molecule has 21 heavy (non-hydrogen) atoms. The van der Waals surface area contributed by atoms with Gasteiger partial charge in [0.1, 0.15) is 0 Å². The molecule has 1 aromatic rings. The minimum absolute atomic E-state index is 0.134. The second-order valence-electron chi connectivity index (χ2n) is 5.55. The van der Waals surface area contributed by atoms with E-state index < -0.39 is 5.97 Å². The summed E-state index contributed by atoms with van der Waals surface area (Å²) >= 11 is 0. The second kappa shape index (κ2) is 6.13. The number of likely N-dealkylation sites (N-methyl/N-ethyl adjacent to an activating group) is 1. The molecule has 0 radical (unpaired) electrons. The van der Waals surface area contributed by atoms with Gasteiger partial charge in [0.25, 0.3) is 0 Å². The van der Waals surface area contributed by atoms with Gasteiger partial charge in [-0.15, -0.1) is 0 Å². The van der Waals surface area contributed by atoms with E-state index in [9.17, 15) is 9.59 Å². The van der Waals surface area contributed by atoms with E-state index in [1.54, 1.807) is 17.0 Å². The number of urea groups is 1. The highest BCUT2D eigenvalue weighted by atomic mass is 16.4. The number of rotatable bonds is 4. The molecule has 0 spiro atoms. The molecule has 0 aromatic heterocycles. The van der Waals surface area contributed by atoms with Gasteiger partial charge in [0.15, 0.2) is 0 Å². The molecule has 1 aromatic carbocycles. The maximum absolute atomic E-state index is 12.2. The SMILES string of the molecule is CC(CNC(=O)N1CCc2cc(C(=O)O)ccc21)N(C)C. The van der Waals surface area contributed by atoms with Crippen LogP contribution in [0.25, 0.3) is 0 Å². The molecule has 1 aliphatic rings. The van der Waals surface area contributed by atoms with Crippen LogP contribution in [0.3, 0.4) is 0 Å². The maximum atomic E-state index is 12.2. The van der Waals surface area contributed by atoms with E-state index >= 15 is 0 Å². The molecule has 0 saturated heterocycles. The molecule has 2 N–H and O–H groups in total. The molecular formula is C15H21N3O3. The lowest BCUT2D eigenvalue weighted by Crippen LogP contribution is -2.44. The maximum Gasteiger partial charge on any atom is 0.335 e. The third kappa shape index (κ3) is 3.33. The Balaban J connectivity index is 2.05. The normalized spacial score (nSPS) is 15.0. The summed E-state index contributed by atoms with van der Waals surface area (Å²) in [6, 6.07) is 5.01. The first kappa shape index (κ1) is 15.3. The zero-order chi connectivity index (χ0) is 15.6. The largest absolute Gasteiger partial charge is 0.478 e. The smallest absolute Gasteiger partial charge is 0.335 e. The number of carbonyl (C=O) groups is 2. The molecule has 0 bridgehead atoms. The van der Waals surface area contributed by atoms with Gasteiger partial charge in [0.2, 0.25) is 0 Å². The fourth-order valence-corrected chi connectivity index (χ4v) is 2.26. The number of anilines is 1. The second-order valence-corrected chi connectivity index (χ2v) is 5.55. The van der Waals surface area contributed by atoms with Gasteiger partial charge in [-0.1, -0.05) is 0 Å². The predicted molar refractivity (Wildman–Crippen MR) is 81.0 cm³/mol. The fourth-order valence-electron chi connectivity index (χ4n) is 2.26. The molecule has 6 heteroatoms. The van der Waals surface area contributed by atoms with Crippen LogP contribution >= 0.6 is 0 Å². The van der Waals surface area contributed by atoms with Crippen LogP contribution in [0.5, 0.6) is 0 Å². The summed E-state index contributed by atoms with van der Waals surface area (Å²) in [5, 5.41) is 11.9. The number of nitrogens with zero attached hydrogens (tertiary/aromatic N) is 2. The van der Waals surface area contributed by atoms with Crippen molar-refractivity contribution in [2.75, 3.05) is 32.1 Å². The van der Waals surface area contributed by atoms with E-state index in [2.05, 4.69) is 5.32 Å². The Morgan fingerprint density at radius 3 is 2.76 bits per heavy atom. The number of carbonyl (C=O) groups excluding carboxylic acids is 1. The molecule has 1 atom stereocenters. The molecule has 114 valence electrons. The number of fused-ring (bicyclic) bond motifs is 1. The number of carboxylic acids is 1. The van der Waals surface area contributed by atoms with Crippen LogP contribution in [-0.2, 0) is 6.42 Å². The van der Waals surface area contributed by atoms with Gasteiger partial charge < -0.3 is 15.3 Å². The summed E-state index contributed by atoms with van der Waals surface area (Å²) in [5.74, 6) is -0.944. The molecule has 0 saturated carbocycles. The van der Waals surface area contributed by atoms with Crippen LogP contribution in [0.1, 0.15) is 22.8 Å². The van der Waals surface area contributed by atoms with E-state index in [4.69, 9.17) is 5.11 Å². The zero-order valence-electron chi connectivity index (χ0n) is 12.6. The molecule has 0 fully saturated rings. The quantitative estimate of drug-likeness (QED) is 0.879. The zero-order valence-corrected chi connectivity index (χ0v) is 12.6. The highest BCUT2D eigenvalue weighted by Crippen LogP contribution is 2.28. The fraction of sp³-hybridized carbons (Fsp3) is 0.467. The van der Waals surface area contributed by atoms with Gasteiger partial charge in [-0.2, -0.15) is 0 Å². The molecule has 1 aliphatic heterocycles. The first-order valence-electron chi connectivity index (χ1n) is 6.98. The average Bonchev–Trinajstić information content (AvgIpc) is 2.86. The highest BCUT2D eigenvalue weighted by Gasteiger charge is 2.25. The van der Waals surface area contributed by atoms with E-state index in [-0.39, 0.29) is 17.6 Å². The minimum atomic E-state index is -0.944. The van der Waals surface area contributed by atoms with Gasteiger partial charge >= 0.3 is 12.0 Å². The number of hydrogen-bond donors (Lipinski definition) is 2. The lowest BCUT2D eigenvalue weighted by molar-refractivity contribution is 0.0697. The van der Waals surface area contributed by atoms with Crippen molar-refractivity contribution in [3.8, 4) is 0 Å². The minimum Gasteiger partial charge on any atom is -0.478 e. The third-order valence-electron chi connectivity index (χ3n) is 3.90. The standard InChI is InChI=1S/C15H21N3O3/c1-10(17(2)3)9-16-15(21)18-7-6-11-8-12(14(19)20)4-5-13(11)18/h4-5,8,10H,6-7,9H2,1-3H3,(H,16,21)(H,19,20). The molecule has 2 rings (SSSR count).